The molecular formula is C5H5N7O2S. The van der Waals surface area contributed by atoms with Gasteiger partial charge in [0.05, 0.1) is 6.20 Å². The number of nitrogens with zero attached hydrogens (tertiary/aromatic N) is 6. The van der Waals surface area contributed by atoms with Crippen LogP contribution in [0, 0.1) is 0 Å². The number of rotatable bonds is 2. The van der Waals surface area contributed by atoms with E-state index in [1.54, 1.807) is 0 Å². The van der Waals surface area contributed by atoms with Gasteiger partial charge in [-0.25, -0.2) is 18.5 Å². The van der Waals surface area contributed by atoms with E-state index in [-0.39, 0.29) is 0 Å². The predicted molar refractivity (Wildman–Crippen MR) is 46.1 cm³/mol. The molecule has 15 heavy (non-hydrogen) atoms. The van der Waals surface area contributed by atoms with Crippen molar-refractivity contribution in [1.29, 1.82) is 0 Å². The van der Waals surface area contributed by atoms with Crippen molar-refractivity contribution in [2.24, 2.45) is 5.14 Å². The van der Waals surface area contributed by atoms with Crippen LogP contribution in [0.15, 0.2) is 23.7 Å². The molecule has 0 amide bonds. The minimum atomic E-state index is -3.90. The summed E-state index contributed by atoms with van der Waals surface area (Å²) in [6.45, 7) is 0. The first-order valence-corrected chi connectivity index (χ1v) is 5.21. The number of hydrogen-bond donors (Lipinski definition) is 1. The first kappa shape index (κ1) is 9.61. The Morgan fingerprint density at radius 3 is 2.73 bits per heavy atom. The number of nitrogens with two attached hydrogens (primary N) is 1. The highest BCUT2D eigenvalue weighted by atomic mass is 32.2. The van der Waals surface area contributed by atoms with Crippen LogP contribution in [0.3, 0.4) is 0 Å². The molecule has 0 saturated carbocycles. The molecule has 0 fully saturated rings. The Morgan fingerprint density at radius 1 is 1.40 bits per heavy atom. The number of primary sulfonamides is 1. The molecule has 0 aliphatic heterocycles. The molecule has 0 unspecified atom stereocenters. The van der Waals surface area contributed by atoms with Crippen molar-refractivity contribution < 1.29 is 8.42 Å². The standard InChI is InChI=1S/C5H5N7O2S/c6-15(13,14)5-7-3-12(10-5)4-1-2-8-11-9-4/h1-3H,(H2,6,13,14). The topological polar surface area (TPSA) is 130 Å². The minimum absolute atomic E-state index is 0.299. The van der Waals surface area contributed by atoms with Gasteiger partial charge in [-0.15, -0.1) is 15.3 Å². The summed E-state index contributed by atoms with van der Waals surface area (Å²) in [5, 5.41) is 18.4. The molecule has 0 spiro atoms. The van der Waals surface area contributed by atoms with E-state index in [0.717, 1.165) is 4.68 Å². The van der Waals surface area contributed by atoms with Gasteiger partial charge in [0.1, 0.15) is 6.33 Å². The SMILES string of the molecule is NS(=O)(=O)c1ncn(-c2ccnnn2)n1. The average molecular weight is 227 g/mol. The highest BCUT2D eigenvalue weighted by Gasteiger charge is 2.14. The molecule has 9 nitrogen and oxygen atoms in total. The molecule has 2 aromatic heterocycles. The molecule has 0 aliphatic carbocycles. The van der Waals surface area contributed by atoms with Crippen LogP contribution in [0.1, 0.15) is 0 Å². The molecule has 0 bridgehead atoms. The van der Waals surface area contributed by atoms with Crippen LogP contribution in [0.25, 0.3) is 5.82 Å². The van der Waals surface area contributed by atoms with Crippen LogP contribution in [-0.2, 0) is 10.0 Å². The van der Waals surface area contributed by atoms with Crippen molar-refractivity contribution in [3.05, 3.63) is 18.6 Å². The van der Waals surface area contributed by atoms with Crippen molar-refractivity contribution >= 4 is 10.0 Å². The van der Waals surface area contributed by atoms with Crippen LogP contribution in [0.2, 0.25) is 0 Å². The smallest absolute Gasteiger partial charge is 0.222 e. The monoisotopic (exact) mass is 227 g/mol. The van der Waals surface area contributed by atoms with Gasteiger partial charge >= 0.3 is 0 Å². The number of hydrogen-bond acceptors (Lipinski definition) is 7. The summed E-state index contributed by atoms with van der Waals surface area (Å²) in [4.78, 5) is 3.51. The van der Waals surface area contributed by atoms with Crippen molar-refractivity contribution in [3.63, 3.8) is 0 Å². The van der Waals surface area contributed by atoms with Gasteiger partial charge in [0.25, 0.3) is 15.2 Å². The number of aromatic nitrogens is 6. The fraction of sp³-hybridized carbons (Fsp3) is 0. The van der Waals surface area contributed by atoms with Crippen molar-refractivity contribution in [2.75, 3.05) is 0 Å². The Labute approximate surface area is 84.0 Å². The van der Waals surface area contributed by atoms with E-state index < -0.39 is 15.2 Å². The predicted octanol–water partition coefficient (Wildman–Crippen LogP) is -1.90. The van der Waals surface area contributed by atoms with Gasteiger partial charge in [-0.05, 0) is 5.21 Å². The second-order valence-electron chi connectivity index (χ2n) is 2.50. The third-order valence-corrected chi connectivity index (χ3v) is 2.15. The Kier molecular flexibility index (Phi) is 2.13. The first-order valence-electron chi connectivity index (χ1n) is 3.66. The molecule has 78 valence electrons. The van der Waals surface area contributed by atoms with Gasteiger partial charge in [0, 0.05) is 6.07 Å². The molecule has 2 N–H and O–H groups in total. The first-order chi connectivity index (χ1) is 7.07. The zero-order valence-electron chi connectivity index (χ0n) is 7.22. The van der Waals surface area contributed by atoms with E-state index >= 15 is 0 Å². The van der Waals surface area contributed by atoms with Gasteiger partial charge in [-0.2, -0.15) is 4.68 Å². The molecule has 2 rings (SSSR count). The summed E-state index contributed by atoms with van der Waals surface area (Å²) >= 11 is 0. The second-order valence-corrected chi connectivity index (χ2v) is 3.95. The van der Waals surface area contributed by atoms with Crippen LogP contribution < -0.4 is 5.14 Å². The highest BCUT2D eigenvalue weighted by Crippen LogP contribution is 2.01. The molecule has 0 aromatic carbocycles. The molecule has 0 aliphatic rings. The molecule has 2 heterocycles. The molecule has 2 aromatic rings. The van der Waals surface area contributed by atoms with E-state index in [4.69, 9.17) is 5.14 Å². The van der Waals surface area contributed by atoms with Gasteiger partial charge < -0.3 is 0 Å². The van der Waals surface area contributed by atoms with Gasteiger partial charge in [-0.3, -0.25) is 0 Å². The molecular weight excluding hydrogens is 222 g/mol. The van der Waals surface area contributed by atoms with Gasteiger partial charge in [0.15, 0.2) is 5.82 Å². The van der Waals surface area contributed by atoms with Gasteiger partial charge in [-0.1, -0.05) is 0 Å². The van der Waals surface area contributed by atoms with Crippen molar-refractivity contribution in [1.82, 2.24) is 30.2 Å². The lowest BCUT2D eigenvalue weighted by Crippen LogP contribution is -2.14. The van der Waals surface area contributed by atoms with Crippen LogP contribution in [0.5, 0.6) is 0 Å². The van der Waals surface area contributed by atoms with Crippen molar-refractivity contribution in [2.45, 2.75) is 5.16 Å². The third kappa shape index (κ3) is 1.94. The van der Waals surface area contributed by atoms with E-state index in [1.807, 2.05) is 0 Å². The summed E-state index contributed by atoms with van der Waals surface area (Å²) in [6.07, 6.45) is 2.56. The lowest BCUT2D eigenvalue weighted by Gasteiger charge is -1.94. The zero-order valence-corrected chi connectivity index (χ0v) is 8.03. The zero-order chi connectivity index (χ0) is 10.9. The quantitative estimate of drug-likeness (QED) is 0.634. The summed E-state index contributed by atoms with van der Waals surface area (Å²) in [6, 6.07) is 1.49. The lowest BCUT2D eigenvalue weighted by molar-refractivity contribution is 0.587. The molecule has 0 atom stereocenters. The fourth-order valence-electron chi connectivity index (χ4n) is 0.846. The third-order valence-electron chi connectivity index (χ3n) is 1.45. The maximum atomic E-state index is 10.9. The van der Waals surface area contributed by atoms with E-state index in [9.17, 15) is 8.42 Å². The second kappa shape index (κ2) is 3.33. The number of sulfonamides is 1. The Hall–Kier alpha value is -1.94. The summed E-state index contributed by atoms with van der Waals surface area (Å²) in [5.41, 5.74) is 0. The van der Waals surface area contributed by atoms with Crippen molar-refractivity contribution in [3.8, 4) is 5.82 Å². The van der Waals surface area contributed by atoms with E-state index in [2.05, 4.69) is 25.5 Å². The summed E-state index contributed by atoms with van der Waals surface area (Å²) in [7, 11) is -3.90. The molecule has 0 saturated heterocycles. The summed E-state index contributed by atoms with van der Waals surface area (Å²) < 4.78 is 22.9. The highest BCUT2D eigenvalue weighted by molar-refractivity contribution is 7.89. The lowest BCUT2D eigenvalue weighted by atomic mass is 10.6. The van der Waals surface area contributed by atoms with Crippen LogP contribution in [0.4, 0.5) is 0 Å². The van der Waals surface area contributed by atoms with Gasteiger partial charge in [0.2, 0.25) is 0 Å². The Morgan fingerprint density at radius 2 is 2.20 bits per heavy atom. The van der Waals surface area contributed by atoms with E-state index in [0.29, 0.717) is 5.82 Å². The van der Waals surface area contributed by atoms with Crippen LogP contribution >= 0.6 is 0 Å². The minimum Gasteiger partial charge on any atom is -0.222 e. The Bertz CT molecular complexity index is 562. The maximum absolute atomic E-state index is 10.9. The Balaban J connectivity index is 2.46. The summed E-state index contributed by atoms with van der Waals surface area (Å²) in [5.74, 6) is 0.299. The maximum Gasteiger partial charge on any atom is 0.282 e. The normalized spacial score (nSPS) is 11.5. The largest absolute Gasteiger partial charge is 0.282 e. The van der Waals surface area contributed by atoms with E-state index in [1.165, 1.54) is 18.6 Å². The average Bonchev–Trinajstić information content (AvgIpc) is 2.67. The molecule has 0 radical (unpaired) electrons. The molecule has 10 heteroatoms. The fourth-order valence-corrected chi connectivity index (χ4v) is 1.24. The van der Waals surface area contributed by atoms with Crippen LogP contribution in [-0.4, -0.2) is 38.6 Å².